The fourth-order valence-corrected chi connectivity index (χ4v) is 1.71. The lowest BCUT2D eigenvalue weighted by Gasteiger charge is -2.07. The number of nitrogens with one attached hydrogen (secondary N) is 1. The third kappa shape index (κ3) is 3.19. The molecule has 21 heavy (non-hydrogen) atoms. The number of rotatable bonds is 3. The van der Waals surface area contributed by atoms with Gasteiger partial charge in [0.05, 0.1) is 0 Å². The number of anilines is 1. The van der Waals surface area contributed by atoms with E-state index in [0.29, 0.717) is 11.1 Å². The molecule has 0 saturated carbocycles. The maximum absolute atomic E-state index is 12.0. The van der Waals surface area contributed by atoms with Gasteiger partial charge in [-0.1, -0.05) is 5.92 Å². The van der Waals surface area contributed by atoms with Gasteiger partial charge in [0.2, 0.25) is 0 Å². The van der Waals surface area contributed by atoms with Gasteiger partial charge >= 0.3 is 5.97 Å². The van der Waals surface area contributed by atoms with E-state index in [1.807, 2.05) is 0 Å². The fraction of sp³-hybridized carbons (Fsp3) is 0. The summed E-state index contributed by atoms with van der Waals surface area (Å²) in [7, 11) is 0. The summed E-state index contributed by atoms with van der Waals surface area (Å²) < 4.78 is 0. The van der Waals surface area contributed by atoms with Crippen LogP contribution in [0.2, 0.25) is 0 Å². The van der Waals surface area contributed by atoms with Gasteiger partial charge in [0, 0.05) is 16.8 Å². The molecule has 1 amide bonds. The zero-order valence-corrected chi connectivity index (χ0v) is 10.8. The van der Waals surface area contributed by atoms with Crippen LogP contribution in [0.25, 0.3) is 0 Å². The van der Waals surface area contributed by atoms with Crippen LogP contribution in [-0.2, 0) is 0 Å². The van der Waals surface area contributed by atoms with Gasteiger partial charge < -0.3 is 15.5 Å². The van der Waals surface area contributed by atoms with Crippen molar-refractivity contribution in [3.05, 3.63) is 59.2 Å². The molecule has 0 aromatic heterocycles. The molecular weight excluding hydrogens is 270 g/mol. The summed E-state index contributed by atoms with van der Waals surface area (Å²) in [5, 5.41) is 20.9. The van der Waals surface area contributed by atoms with Crippen LogP contribution in [-0.4, -0.2) is 22.1 Å². The first kappa shape index (κ1) is 14.2. The summed E-state index contributed by atoms with van der Waals surface area (Å²) in [5.41, 5.74) is 1.04. The first-order valence-electron chi connectivity index (χ1n) is 5.95. The maximum Gasteiger partial charge on any atom is 0.339 e. The quantitative estimate of drug-likeness (QED) is 0.595. The van der Waals surface area contributed by atoms with Crippen LogP contribution in [0, 0.1) is 12.3 Å². The zero-order chi connectivity index (χ0) is 15.4. The molecule has 0 fully saturated rings. The van der Waals surface area contributed by atoms with E-state index in [4.69, 9.17) is 11.5 Å². The van der Waals surface area contributed by atoms with Gasteiger partial charge in [0.15, 0.2) is 0 Å². The average molecular weight is 281 g/mol. The largest absolute Gasteiger partial charge is 0.507 e. The van der Waals surface area contributed by atoms with Crippen LogP contribution >= 0.6 is 0 Å². The molecule has 5 heteroatoms. The summed E-state index contributed by atoms with van der Waals surface area (Å²) in [5.74, 6) is 0.404. The van der Waals surface area contributed by atoms with Crippen LogP contribution in [0.4, 0.5) is 5.69 Å². The Labute approximate surface area is 120 Å². The highest BCUT2D eigenvalue weighted by Gasteiger charge is 2.12. The van der Waals surface area contributed by atoms with Gasteiger partial charge in [0.1, 0.15) is 11.3 Å². The molecule has 0 unspecified atom stereocenters. The van der Waals surface area contributed by atoms with Crippen LogP contribution in [0.3, 0.4) is 0 Å². The average Bonchev–Trinajstić information content (AvgIpc) is 2.49. The van der Waals surface area contributed by atoms with Crippen molar-refractivity contribution in [2.75, 3.05) is 5.32 Å². The minimum absolute atomic E-state index is 0.274. The van der Waals surface area contributed by atoms with Crippen molar-refractivity contribution < 1.29 is 19.8 Å². The Kier molecular flexibility index (Phi) is 3.91. The monoisotopic (exact) mass is 281 g/mol. The minimum atomic E-state index is -1.28. The van der Waals surface area contributed by atoms with Gasteiger partial charge in [-0.2, -0.15) is 0 Å². The van der Waals surface area contributed by atoms with E-state index in [-0.39, 0.29) is 17.0 Å². The number of phenols is 1. The number of carbonyl (C=O) groups excluding carboxylic acids is 1. The SMILES string of the molecule is C#Cc1ccc(C(=O)Nc2ccc(O)c(C(=O)O)c2)cc1. The van der Waals surface area contributed by atoms with E-state index in [1.165, 1.54) is 18.2 Å². The first-order chi connectivity index (χ1) is 10.0. The highest BCUT2D eigenvalue weighted by molar-refractivity contribution is 6.05. The Hall–Kier alpha value is -3.26. The van der Waals surface area contributed by atoms with E-state index in [1.54, 1.807) is 24.3 Å². The lowest BCUT2D eigenvalue weighted by Crippen LogP contribution is -2.12. The van der Waals surface area contributed by atoms with E-state index < -0.39 is 11.9 Å². The molecule has 0 atom stereocenters. The molecular formula is C16H11NO4. The standard InChI is InChI=1S/C16H11NO4/c1-2-10-3-5-11(6-4-10)15(19)17-12-7-8-14(18)13(9-12)16(20)21/h1,3-9,18H,(H,17,19)(H,20,21). The number of aromatic hydroxyl groups is 1. The molecule has 0 heterocycles. The van der Waals surface area contributed by atoms with Crippen LogP contribution in [0.5, 0.6) is 5.75 Å². The number of carboxylic acid groups (broad SMARTS) is 1. The molecule has 0 aliphatic rings. The Balaban J connectivity index is 2.21. The van der Waals surface area contributed by atoms with Crippen LogP contribution in [0.1, 0.15) is 26.3 Å². The minimum Gasteiger partial charge on any atom is -0.507 e. The van der Waals surface area contributed by atoms with Gasteiger partial charge in [-0.15, -0.1) is 6.42 Å². The predicted octanol–water partition coefficient (Wildman–Crippen LogP) is 2.32. The summed E-state index contributed by atoms with van der Waals surface area (Å²) in [4.78, 5) is 22.9. The van der Waals surface area contributed by atoms with Gasteiger partial charge in [-0.3, -0.25) is 4.79 Å². The summed E-state index contributed by atoms with van der Waals surface area (Å²) in [6.07, 6.45) is 5.23. The molecule has 0 aliphatic carbocycles. The van der Waals surface area contributed by atoms with Crippen molar-refractivity contribution in [3.8, 4) is 18.1 Å². The number of terminal acetylenes is 1. The number of hydrogen-bond donors (Lipinski definition) is 3. The second-order valence-corrected chi connectivity index (χ2v) is 4.21. The number of benzene rings is 2. The van der Waals surface area contributed by atoms with Crippen molar-refractivity contribution >= 4 is 17.6 Å². The third-order valence-electron chi connectivity index (χ3n) is 2.80. The molecule has 2 aromatic carbocycles. The highest BCUT2D eigenvalue weighted by Crippen LogP contribution is 2.21. The first-order valence-corrected chi connectivity index (χ1v) is 5.95. The molecule has 104 valence electrons. The molecule has 0 bridgehead atoms. The summed E-state index contributed by atoms with van der Waals surface area (Å²) in [6, 6.07) is 10.2. The van der Waals surface area contributed by atoms with E-state index in [2.05, 4.69) is 11.2 Å². The summed E-state index contributed by atoms with van der Waals surface area (Å²) >= 11 is 0. The lowest BCUT2D eigenvalue weighted by molar-refractivity contribution is 0.0693. The van der Waals surface area contributed by atoms with Gasteiger partial charge in [-0.05, 0) is 42.5 Å². The second kappa shape index (κ2) is 5.80. The molecule has 0 aliphatic heterocycles. The van der Waals surface area contributed by atoms with Crippen molar-refractivity contribution in [2.45, 2.75) is 0 Å². The van der Waals surface area contributed by atoms with Gasteiger partial charge in [0.25, 0.3) is 5.91 Å². The van der Waals surface area contributed by atoms with Crippen molar-refractivity contribution in [3.63, 3.8) is 0 Å². The molecule has 0 saturated heterocycles. The molecule has 0 radical (unpaired) electrons. The zero-order valence-electron chi connectivity index (χ0n) is 10.8. The van der Waals surface area contributed by atoms with E-state index in [9.17, 15) is 14.7 Å². The van der Waals surface area contributed by atoms with E-state index in [0.717, 1.165) is 0 Å². The normalized spacial score (nSPS) is 9.67. The van der Waals surface area contributed by atoms with Gasteiger partial charge in [-0.25, -0.2) is 4.79 Å². The van der Waals surface area contributed by atoms with Crippen LogP contribution in [0.15, 0.2) is 42.5 Å². The second-order valence-electron chi connectivity index (χ2n) is 4.21. The van der Waals surface area contributed by atoms with E-state index >= 15 is 0 Å². The Bertz CT molecular complexity index is 742. The fourth-order valence-electron chi connectivity index (χ4n) is 1.71. The number of carboxylic acids is 1. The highest BCUT2D eigenvalue weighted by atomic mass is 16.4. The third-order valence-corrected chi connectivity index (χ3v) is 2.80. The number of aromatic carboxylic acids is 1. The Morgan fingerprint density at radius 2 is 1.76 bits per heavy atom. The number of hydrogen-bond acceptors (Lipinski definition) is 3. The predicted molar refractivity (Wildman–Crippen MR) is 77.4 cm³/mol. The summed E-state index contributed by atoms with van der Waals surface area (Å²) in [6.45, 7) is 0. The molecule has 0 spiro atoms. The lowest BCUT2D eigenvalue weighted by atomic mass is 10.1. The van der Waals surface area contributed by atoms with Crippen molar-refractivity contribution in [2.24, 2.45) is 0 Å². The van der Waals surface area contributed by atoms with Crippen LogP contribution < -0.4 is 5.32 Å². The van der Waals surface area contributed by atoms with Crippen molar-refractivity contribution in [1.82, 2.24) is 0 Å². The molecule has 2 aromatic rings. The maximum atomic E-state index is 12.0. The molecule has 3 N–H and O–H groups in total. The molecule has 5 nitrogen and oxygen atoms in total. The number of carbonyl (C=O) groups is 2. The Morgan fingerprint density at radius 3 is 2.33 bits per heavy atom. The van der Waals surface area contributed by atoms with Crippen molar-refractivity contribution in [1.29, 1.82) is 0 Å². The molecule has 2 rings (SSSR count). The Morgan fingerprint density at radius 1 is 1.10 bits per heavy atom. The smallest absolute Gasteiger partial charge is 0.339 e. The topological polar surface area (TPSA) is 86.6 Å². The number of amides is 1.